The van der Waals surface area contributed by atoms with Gasteiger partial charge in [-0.2, -0.15) is 0 Å². The highest BCUT2D eigenvalue weighted by Gasteiger charge is 1.78. The molecule has 0 fully saturated rings. The smallest absolute Gasteiger partial charge is 0.0443 e. The zero-order chi connectivity index (χ0) is 7.82. The summed E-state index contributed by atoms with van der Waals surface area (Å²) in [5, 5.41) is 0. The van der Waals surface area contributed by atoms with Crippen LogP contribution in [0.15, 0.2) is 29.8 Å². The molecule has 10 heavy (non-hydrogen) atoms. The van der Waals surface area contributed by atoms with Crippen LogP contribution in [0.1, 0.15) is 20.3 Å². The van der Waals surface area contributed by atoms with Crippen LogP contribution in [-0.2, 0) is 0 Å². The van der Waals surface area contributed by atoms with E-state index in [0.29, 0.717) is 6.04 Å². The van der Waals surface area contributed by atoms with Gasteiger partial charge in [0.15, 0.2) is 0 Å². The molecule has 0 rings (SSSR count). The molecule has 0 atom stereocenters. The number of hydrogen-bond donors (Lipinski definition) is 0. The first kappa shape index (κ1) is 9.15. The molecule has 0 amide bonds. The van der Waals surface area contributed by atoms with E-state index in [4.69, 9.17) is 0 Å². The van der Waals surface area contributed by atoms with Crippen LogP contribution in [0, 0.1) is 0 Å². The lowest BCUT2D eigenvalue weighted by Gasteiger charge is -1.89. The maximum atomic E-state index is 4.15. The fourth-order valence-corrected chi connectivity index (χ4v) is 0.457. The maximum absolute atomic E-state index is 4.15. The summed E-state index contributed by atoms with van der Waals surface area (Å²) in [5.74, 6) is 0. The molecule has 0 radical (unpaired) electrons. The summed E-state index contributed by atoms with van der Waals surface area (Å²) in [5.41, 5.74) is 0. The van der Waals surface area contributed by atoms with Crippen LogP contribution in [0.25, 0.3) is 0 Å². The summed E-state index contributed by atoms with van der Waals surface area (Å²) in [7, 11) is 0. The van der Waals surface area contributed by atoms with Gasteiger partial charge in [0.2, 0.25) is 0 Å². The standard InChI is InChI=1S/C9H15N/c1-4-5-6-7-8-10-9(2)3/h4,6-9H,1,5H2,2-3H3/b7-6-,10-8?. The van der Waals surface area contributed by atoms with Crippen molar-refractivity contribution in [3.63, 3.8) is 0 Å². The average molecular weight is 137 g/mol. The first-order valence-corrected chi connectivity index (χ1v) is 3.56. The minimum absolute atomic E-state index is 0.397. The van der Waals surface area contributed by atoms with E-state index >= 15 is 0 Å². The Morgan fingerprint density at radius 3 is 2.70 bits per heavy atom. The summed E-state index contributed by atoms with van der Waals surface area (Å²) in [4.78, 5) is 4.15. The summed E-state index contributed by atoms with van der Waals surface area (Å²) >= 11 is 0. The fourth-order valence-electron chi connectivity index (χ4n) is 0.457. The molecule has 0 aliphatic rings. The Bertz CT molecular complexity index is 132. The SMILES string of the molecule is C=CC/C=C\C=NC(C)C. The van der Waals surface area contributed by atoms with Crippen molar-refractivity contribution in [3.8, 4) is 0 Å². The molecular formula is C9H15N. The fraction of sp³-hybridized carbons (Fsp3) is 0.444. The molecule has 1 heteroatoms. The van der Waals surface area contributed by atoms with Crippen LogP contribution in [0.5, 0.6) is 0 Å². The number of hydrogen-bond acceptors (Lipinski definition) is 1. The topological polar surface area (TPSA) is 12.4 Å². The van der Waals surface area contributed by atoms with E-state index in [9.17, 15) is 0 Å². The lowest BCUT2D eigenvalue weighted by Crippen LogP contribution is -1.86. The maximum Gasteiger partial charge on any atom is 0.0443 e. The quantitative estimate of drug-likeness (QED) is 0.417. The Hall–Kier alpha value is -0.850. The zero-order valence-electron chi connectivity index (χ0n) is 6.75. The van der Waals surface area contributed by atoms with Crippen LogP contribution in [0.3, 0.4) is 0 Å². The van der Waals surface area contributed by atoms with Crippen LogP contribution >= 0.6 is 0 Å². The van der Waals surface area contributed by atoms with Gasteiger partial charge in [0.1, 0.15) is 0 Å². The van der Waals surface area contributed by atoms with Gasteiger partial charge in [-0.15, -0.1) is 6.58 Å². The molecule has 0 aromatic rings. The first-order chi connectivity index (χ1) is 4.77. The van der Waals surface area contributed by atoms with Crippen LogP contribution < -0.4 is 0 Å². The largest absolute Gasteiger partial charge is 0.290 e. The van der Waals surface area contributed by atoms with Gasteiger partial charge in [-0.05, 0) is 26.3 Å². The highest BCUT2D eigenvalue weighted by Crippen LogP contribution is 1.84. The molecule has 0 aliphatic carbocycles. The van der Waals surface area contributed by atoms with Crippen molar-refractivity contribution in [2.45, 2.75) is 26.3 Å². The molecular weight excluding hydrogens is 122 g/mol. The van der Waals surface area contributed by atoms with E-state index in [0.717, 1.165) is 6.42 Å². The predicted octanol–water partition coefficient (Wildman–Crippen LogP) is 2.60. The Balaban J connectivity index is 3.41. The summed E-state index contributed by atoms with van der Waals surface area (Å²) in [6.07, 6.45) is 8.58. The molecule has 0 bridgehead atoms. The van der Waals surface area contributed by atoms with Gasteiger partial charge in [0, 0.05) is 12.3 Å². The summed E-state index contributed by atoms with van der Waals surface area (Å²) in [6, 6.07) is 0.397. The number of aliphatic imine (C=N–C) groups is 1. The average Bonchev–Trinajstić information content (AvgIpc) is 1.87. The van der Waals surface area contributed by atoms with Crippen molar-refractivity contribution < 1.29 is 0 Å². The molecule has 0 heterocycles. The number of rotatable bonds is 4. The third-order valence-corrected chi connectivity index (χ3v) is 0.909. The van der Waals surface area contributed by atoms with E-state index in [-0.39, 0.29) is 0 Å². The normalized spacial score (nSPS) is 11.9. The van der Waals surface area contributed by atoms with Gasteiger partial charge in [-0.25, -0.2) is 0 Å². The molecule has 0 aliphatic heterocycles. The zero-order valence-corrected chi connectivity index (χ0v) is 6.75. The van der Waals surface area contributed by atoms with Crippen molar-refractivity contribution in [1.29, 1.82) is 0 Å². The highest BCUT2D eigenvalue weighted by molar-refractivity contribution is 5.71. The Morgan fingerprint density at radius 2 is 2.20 bits per heavy atom. The Kier molecular flexibility index (Phi) is 5.74. The lowest BCUT2D eigenvalue weighted by atomic mass is 10.4. The second kappa shape index (κ2) is 6.27. The van der Waals surface area contributed by atoms with Crippen LogP contribution in [-0.4, -0.2) is 12.3 Å². The molecule has 0 aromatic heterocycles. The summed E-state index contributed by atoms with van der Waals surface area (Å²) in [6.45, 7) is 7.70. The molecule has 0 spiro atoms. The van der Waals surface area contributed by atoms with Gasteiger partial charge < -0.3 is 0 Å². The van der Waals surface area contributed by atoms with Crippen molar-refractivity contribution >= 4 is 6.21 Å². The molecule has 0 saturated carbocycles. The Morgan fingerprint density at radius 1 is 1.50 bits per heavy atom. The van der Waals surface area contributed by atoms with E-state index < -0.39 is 0 Å². The van der Waals surface area contributed by atoms with Gasteiger partial charge in [-0.3, -0.25) is 4.99 Å². The van der Waals surface area contributed by atoms with E-state index in [2.05, 4.69) is 25.4 Å². The molecule has 0 saturated heterocycles. The third-order valence-electron chi connectivity index (χ3n) is 0.909. The summed E-state index contributed by atoms with van der Waals surface area (Å²) < 4.78 is 0. The van der Waals surface area contributed by atoms with E-state index in [1.165, 1.54) is 0 Å². The third kappa shape index (κ3) is 7.15. The predicted molar refractivity (Wildman–Crippen MR) is 47.6 cm³/mol. The van der Waals surface area contributed by atoms with E-state index in [1.54, 1.807) is 0 Å². The minimum Gasteiger partial charge on any atom is -0.290 e. The van der Waals surface area contributed by atoms with Crippen molar-refractivity contribution in [2.75, 3.05) is 0 Å². The lowest BCUT2D eigenvalue weighted by molar-refractivity contribution is 0.842. The minimum atomic E-state index is 0.397. The molecule has 0 aromatic carbocycles. The second-order valence-electron chi connectivity index (χ2n) is 2.34. The first-order valence-electron chi connectivity index (χ1n) is 3.56. The second-order valence-corrected chi connectivity index (χ2v) is 2.34. The van der Waals surface area contributed by atoms with Gasteiger partial charge in [-0.1, -0.05) is 12.2 Å². The number of allylic oxidation sites excluding steroid dienone is 3. The highest BCUT2D eigenvalue weighted by atomic mass is 14.7. The number of nitrogens with zero attached hydrogens (tertiary/aromatic N) is 1. The molecule has 56 valence electrons. The molecule has 1 nitrogen and oxygen atoms in total. The van der Waals surface area contributed by atoms with Crippen molar-refractivity contribution in [1.82, 2.24) is 0 Å². The van der Waals surface area contributed by atoms with Gasteiger partial charge in [0.25, 0.3) is 0 Å². The van der Waals surface area contributed by atoms with Crippen LogP contribution in [0.2, 0.25) is 0 Å². The van der Waals surface area contributed by atoms with Crippen molar-refractivity contribution in [2.24, 2.45) is 4.99 Å². The van der Waals surface area contributed by atoms with Gasteiger partial charge >= 0.3 is 0 Å². The van der Waals surface area contributed by atoms with E-state index in [1.807, 2.05) is 24.4 Å². The molecule has 0 N–H and O–H groups in total. The Labute approximate surface area is 63.2 Å². The van der Waals surface area contributed by atoms with Gasteiger partial charge in [0.05, 0.1) is 0 Å². The van der Waals surface area contributed by atoms with Crippen LogP contribution in [0.4, 0.5) is 0 Å². The molecule has 0 unspecified atom stereocenters. The monoisotopic (exact) mass is 137 g/mol. The van der Waals surface area contributed by atoms with Crippen molar-refractivity contribution in [3.05, 3.63) is 24.8 Å².